The summed E-state index contributed by atoms with van der Waals surface area (Å²) < 4.78 is 6.60. The molecule has 3 rings (SSSR count). The van der Waals surface area contributed by atoms with Crippen molar-refractivity contribution in [3.63, 3.8) is 0 Å². The van der Waals surface area contributed by atoms with Gasteiger partial charge in [0.1, 0.15) is 17.2 Å². The van der Waals surface area contributed by atoms with Crippen molar-refractivity contribution in [3.05, 3.63) is 65.7 Å². The number of aliphatic imine (C=N–C) groups is 2. The molecule has 0 radical (unpaired) electrons. The highest BCUT2D eigenvalue weighted by Crippen LogP contribution is 2.37. The second-order valence-corrected chi connectivity index (χ2v) is 12.2. The lowest BCUT2D eigenvalue weighted by molar-refractivity contribution is 0.234. The molecule has 0 aliphatic heterocycles. The van der Waals surface area contributed by atoms with Gasteiger partial charge in [-0.05, 0) is 72.2 Å². The van der Waals surface area contributed by atoms with Gasteiger partial charge in [0.2, 0.25) is 0 Å². The first-order chi connectivity index (χ1) is 22.0. The van der Waals surface area contributed by atoms with Gasteiger partial charge in [-0.3, -0.25) is 9.98 Å². The number of nitrogens with zero attached hydrogens (tertiary/aromatic N) is 2. The molecule has 0 fully saturated rings. The van der Waals surface area contributed by atoms with Crippen LogP contribution in [0.25, 0.3) is 22.3 Å². The summed E-state index contributed by atoms with van der Waals surface area (Å²) in [7, 11) is 0. The molecule has 0 bridgehead atoms. The van der Waals surface area contributed by atoms with E-state index in [0.29, 0.717) is 18.1 Å². The molecule has 5 nitrogen and oxygen atoms in total. The van der Waals surface area contributed by atoms with Gasteiger partial charge in [-0.1, -0.05) is 110 Å². The van der Waals surface area contributed by atoms with Crippen molar-refractivity contribution in [1.29, 1.82) is 0 Å². The van der Waals surface area contributed by atoms with E-state index in [2.05, 4.69) is 55.9 Å². The summed E-state index contributed by atoms with van der Waals surface area (Å²) >= 11 is 0. The standard InChI is InChI=1S/C40H56N2O3/c1-5-9-12-14-23-41-28-35-25-32(18-21-38(35)43)33-17-20-37(40(27-33)45-30-31(8-4)16-11-7-3)34-19-22-39(44)36(26-34)29-42-24-15-13-10-6-2/h17-22,25-29,31,43-44H,5-16,23-24,30H2,1-4H3. The Labute approximate surface area is 272 Å². The van der Waals surface area contributed by atoms with E-state index in [1.807, 2.05) is 24.3 Å². The first kappa shape index (κ1) is 35.9. The molecular weight excluding hydrogens is 556 g/mol. The topological polar surface area (TPSA) is 74.4 Å². The quantitative estimate of drug-likeness (QED) is 0.0928. The summed E-state index contributed by atoms with van der Waals surface area (Å²) in [5.41, 5.74) is 5.40. The normalized spacial score (nSPS) is 12.4. The molecule has 244 valence electrons. The Kier molecular flexibility index (Phi) is 16.3. The fraction of sp³-hybridized carbons (Fsp3) is 0.500. The monoisotopic (exact) mass is 612 g/mol. The third-order valence-corrected chi connectivity index (χ3v) is 8.44. The number of rotatable bonds is 21. The van der Waals surface area contributed by atoms with Gasteiger partial charge < -0.3 is 14.9 Å². The summed E-state index contributed by atoms with van der Waals surface area (Å²) in [6, 6.07) is 17.7. The summed E-state index contributed by atoms with van der Waals surface area (Å²) in [6.07, 6.45) is 17.5. The van der Waals surface area contributed by atoms with Crippen LogP contribution in [-0.4, -0.2) is 42.3 Å². The molecule has 2 N–H and O–H groups in total. The van der Waals surface area contributed by atoms with Gasteiger partial charge in [-0.2, -0.15) is 0 Å². The van der Waals surface area contributed by atoms with E-state index >= 15 is 0 Å². The van der Waals surface area contributed by atoms with E-state index in [1.165, 1.54) is 51.4 Å². The SMILES string of the molecule is CCCCCCN=Cc1cc(-c2ccc(-c3ccc(O)c(C=NCCCCCC)c3)c(OCC(CC)CCCC)c2)ccc1O. The van der Waals surface area contributed by atoms with E-state index in [1.54, 1.807) is 24.6 Å². The summed E-state index contributed by atoms with van der Waals surface area (Å²) in [5.74, 6) is 1.76. The Morgan fingerprint density at radius 2 is 1.16 bits per heavy atom. The Morgan fingerprint density at radius 1 is 0.622 bits per heavy atom. The smallest absolute Gasteiger partial charge is 0.127 e. The van der Waals surface area contributed by atoms with Gasteiger partial charge in [0.05, 0.1) is 6.61 Å². The number of ether oxygens (including phenoxy) is 1. The lowest BCUT2D eigenvalue weighted by Gasteiger charge is -2.19. The van der Waals surface area contributed by atoms with E-state index in [0.717, 1.165) is 72.3 Å². The number of aromatic hydroxyl groups is 2. The first-order valence-electron chi connectivity index (χ1n) is 17.4. The summed E-state index contributed by atoms with van der Waals surface area (Å²) in [6.45, 7) is 11.1. The molecule has 0 heterocycles. The van der Waals surface area contributed by atoms with E-state index in [-0.39, 0.29) is 11.5 Å². The van der Waals surface area contributed by atoms with Crippen LogP contribution in [-0.2, 0) is 0 Å². The minimum absolute atomic E-state index is 0.226. The Morgan fingerprint density at radius 3 is 1.73 bits per heavy atom. The van der Waals surface area contributed by atoms with Gasteiger partial charge in [0.15, 0.2) is 0 Å². The van der Waals surface area contributed by atoms with Gasteiger partial charge in [0, 0.05) is 42.2 Å². The van der Waals surface area contributed by atoms with Crippen LogP contribution in [0, 0.1) is 5.92 Å². The van der Waals surface area contributed by atoms with Gasteiger partial charge in [-0.15, -0.1) is 0 Å². The molecule has 0 aromatic heterocycles. The van der Waals surface area contributed by atoms with E-state index in [4.69, 9.17) is 4.74 Å². The summed E-state index contributed by atoms with van der Waals surface area (Å²) in [5, 5.41) is 21.1. The molecule has 0 saturated carbocycles. The molecule has 3 aromatic rings. The largest absolute Gasteiger partial charge is 0.507 e. The number of unbranched alkanes of at least 4 members (excludes halogenated alkanes) is 7. The highest BCUT2D eigenvalue weighted by molar-refractivity contribution is 5.88. The fourth-order valence-corrected chi connectivity index (χ4v) is 5.41. The van der Waals surface area contributed by atoms with Crippen molar-refractivity contribution in [3.8, 4) is 39.5 Å². The maximum Gasteiger partial charge on any atom is 0.127 e. The van der Waals surface area contributed by atoms with Crippen LogP contribution < -0.4 is 4.74 Å². The van der Waals surface area contributed by atoms with Gasteiger partial charge in [0.25, 0.3) is 0 Å². The summed E-state index contributed by atoms with van der Waals surface area (Å²) in [4.78, 5) is 9.17. The molecular formula is C40H56N2O3. The number of phenols is 2. The van der Waals surface area contributed by atoms with Crippen LogP contribution in [0.4, 0.5) is 0 Å². The van der Waals surface area contributed by atoms with Crippen molar-refractivity contribution in [2.75, 3.05) is 19.7 Å². The van der Waals surface area contributed by atoms with Crippen molar-refractivity contribution in [1.82, 2.24) is 0 Å². The zero-order valence-electron chi connectivity index (χ0n) is 28.2. The lowest BCUT2D eigenvalue weighted by atomic mass is 9.96. The molecule has 0 aliphatic carbocycles. The lowest BCUT2D eigenvalue weighted by Crippen LogP contribution is -2.11. The highest BCUT2D eigenvalue weighted by Gasteiger charge is 2.14. The highest BCUT2D eigenvalue weighted by atomic mass is 16.5. The first-order valence-corrected chi connectivity index (χ1v) is 17.4. The predicted molar refractivity (Wildman–Crippen MR) is 193 cm³/mol. The molecule has 0 saturated heterocycles. The van der Waals surface area contributed by atoms with Crippen molar-refractivity contribution in [2.45, 2.75) is 105 Å². The predicted octanol–water partition coefficient (Wildman–Crippen LogP) is 11.0. The van der Waals surface area contributed by atoms with E-state index in [9.17, 15) is 10.2 Å². The minimum Gasteiger partial charge on any atom is -0.507 e. The fourth-order valence-electron chi connectivity index (χ4n) is 5.41. The molecule has 0 spiro atoms. The van der Waals surface area contributed by atoms with Crippen molar-refractivity contribution >= 4 is 12.4 Å². The molecule has 1 unspecified atom stereocenters. The molecule has 5 heteroatoms. The Balaban J connectivity index is 1.92. The molecule has 0 amide bonds. The molecule has 3 aromatic carbocycles. The Bertz CT molecular complexity index is 1350. The average Bonchev–Trinajstić information content (AvgIpc) is 3.06. The van der Waals surface area contributed by atoms with Gasteiger partial charge >= 0.3 is 0 Å². The van der Waals surface area contributed by atoms with Crippen LogP contribution in [0.1, 0.15) is 116 Å². The average molecular weight is 613 g/mol. The number of hydrogen-bond acceptors (Lipinski definition) is 5. The van der Waals surface area contributed by atoms with Crippen LogP contribution >= 0.6 is 0 Å². The second kappa shape index (κ2) is 20.4. The second-order valence-electron chi connectivity index (χ2n) is 12.2. The maximum atomic E-state index is 10.6. The third-order valence-electron chi connectivity index (χ3n) is 8.44. The maximum absolute atomic E-state index is 10.6. The molecule has 45 heavy (non-hydrogen) atoms. The zero-order chi connectivity index (χ0) is 32.3. The van der Waals surface area contributed by atoms with Gasteiger partial charge in [-0.25, -0.2) is 0 Å². The van der Waals surface area contributed by atoms with Crippen molar-refractivity contribution in [2.24, 2.45) is 15.9 Å². The van der Waals surface area contributed by atoms with Crippen LogP contribution in [0.5, 0.6) is 17.2 Å². The number of benzene rings is 3. The minimum atomic E-state index is 0.226. The van der Waals surface area contributed by atoms with Crippen molar-refractivity contribution < 1.29 is 14.9 Å². The Hall–Kier alpha value is -3.60. The zero-order valence-corrected chi connectivity index (χ0v) is 28.2. The van der Waals surface area contributed by atoms with Crippen LogP contribution in [0.15, 0.2) is 64.6 Å². The van der Waals surface area contributed by atoms with Crippen LogP contribution in [0.2, 0.25) is 0 Å². The molecule has 1 atom stereocenters. The number of phenolic OH excluding ortho intramolecular Hbond substituents is 2. The third kappa shape index (κ3) is 12.0. The van der Waals surface area contributed by atoms with E-state index < -0.39 is 0 Å². The number of hydrogen-bond donors (Lipinski definition) is 2. The molecule has 0 aliphatic rings. The van der Waals surface area contributed by atoms with Crippen LogP contribution in [0.3, 0.4) is 0 Å².